The first-order valence-electron chi connectivity index (χ1n) is 13.7. The lowest BCUT2D eigenvalue weighted by atomic mass is 10.1. The van der Waals surface area contributed by atoms with E-state index in [9.17, 15) is 18.8 Å². The van der Waals surface area contributed by atoms with E-state index >= 15 is 0 Å². The van der Waals surface area contributed by atoms with Crippen LogP contribution >= 0.6 is 11.3 Å². The van der Waals surface area contributed by atoms with E-state index in [-0.39, 0.29) is 18.6 Å². The fourth-order valence-electron chi connectivity index (χ4n) is 5.73. The van der Waals surface area contributed by atoms with Gasteiger partial charge in [-0.05, 0) is 44.4 Å². The number of ether oxygens (including phenoxy) is 3. The maximum absolute atomic E-state index is 14.6. The lowest BCUT2D eigenvalue weighted by molar-refractivity contribution is -0.129. The zero-order valence-electron chi connectivity index (χ0n) is 23.5. The van der Waals surface area contributed by atoms with Crippen molar-refractivity contribution < 1.29 is 23.4 Å². The van der Waals surface area contributed by atoms with Gasteiger partial charge in [-0.2, -0.15) is 10.2 Å². The van der Waals surface area contributed by atoms with Crippen LogP contribution in [0.15, 0.2) is 40.2 Å². The Morgan fingerprint density at radius 2 is 1.88 bits per heavy atom. The Kier molecular flexibility index (Phi) is 7.68. The van der Waals surface area contributed by atoms with E-state index in [1.54, 1.807) is 14.0 Å². The molecular weight excluding hydrogens is 567 g/mol. The van der Waals surface area contributed by atoms with Crippen molar-refractivity contribution in [3.63, 3.8) is 0 Å². The zero-order valence-corrected chi connectivity index (χ0v) is 24.3. The highest BCUT2D eigenvalue weighted by Gasteiger charge is 2.36. The van der Waals surface area contributed by atoms with Gasteiger partial charge in [0.2, 0.25) is 5.91 Å². The van der Waals surface area contributed by atoms with Crippen LogP contribution in [-0.2, 0) is 20.8 Å². The lowest BCUT2D eigenvalue weighted by Gasteiger charge is -2.29. The van der Waals surface area contributed by atoms with Crippen LogP contribution in [-0.4, -0.2) is 75.0 Å². The van der Waals surface area contributed by atoms with E-state index in [0.29, 0.717) is 71.1 Å². The molecule has 12 nitrogen and oxygen atoms in total. The lowest BCUT2D eigenvalue weighted by Crippen LogP contribution is -2.45. The first kappa shape index (κ1) is 28.2. The highest BCUT2D eigenvalue weighted by atomic mass is 32.1. The van der Waals surface area contributed by atoms with Crippen molar-refractivity contribution in [1.29, 1.82) is 0 Å². The third kappa shape index (κ3) is 4.92. The molecule has 3 aromatic heterocycles. The van der Waals surface area contributed by atoms with Crippen LogP contribution in [0, 0.1) is 12.7 Å². The fourth-order valence-corrected chi connectivity index (χ4v) is 6.94. The van der Waals surface area contributed by atoms with Crippen LogP contribution in [0.3, 0.4) is 0 Å². The van der Waals surface area contributed by atoms with Gasteiger partial charge in [-0.1, -0.05) is 11.3 Å². The zero-order chi connectivity index (χ0) is 29.5. The number of likely N-dealkylation sites (tertiary alicyclic amines) is 1. The third-order valence-electron chi connectivity index (χ3n) is 7.94. The molecule has 2 saturated heterocycles. The second-order valence-corrected chi connectivity index (χ2v) is 11.5. The molecule has 14 heteroatoms. The number of thiophene rings is 1. The van der Waals surface area contributed by atoms with Gasteiger partial charge in [0.15, 0.2) is 0 Å². The van der Waals surface area contributed by atoms with Gasteiger partial charge in [0.05, 0.1) is 37.5 Å². The summed E-state index contributed by atoms with van der Waals surface area (Å²) in [6.07, 6.45) is 3.62. The number of carbonyl (C=O) groups excluding carboxylic acids is 1. The second-order valence-electron chi connectivity index (χ2n) is 10.5. The van der Waals surface area contributed by atoms with Gasteiger partial charge in [0, 0.05) is 37.9 Å². The summed E-state index contributed by atoms with van der Waals surface area (Å²) in [6, 6.07) is 3.23. The summed E-state index contributed by atoms with van der Waals surface area (Å²) in [5.41, 5.74) is -0.168. The number of nitrogens with zero attached hydrogens (tertiary/aromatic N) is 6. The molecule has 42 heavy (non-hydrogen) atoms. The minimum Gasteiger partial charge on any atom is -0.496 e. The molecule has 2 aliphatic rings. The van der Waals surface area contributed by atoms with E-state index in [0.717, 1.165) is 4.57 Å². The standard InChI is InChI=1S/C28H31FN6O6S/c1-16-23-25(37)34(20-6-11-32(2)24(20)36)28(38)33(27(23)42-26(16)35-30-9-10-31-35)15-22(41-18-7-12-40-13-8-18)19-14-17(29)4-5-21(19)39-3/h4-5,9-10,14,18,20,22H,6-8,11-13,15H2,1-3H3/t20-,22+/m1/s1. The number of methoxy groups -OCH3 is 1. The van der Waals surface area contributed by atoms with Crippen LogP contribution in [0.1, 0.15) is 42.5 Å². The predicted octanol–water partition coefficient (Wildman–Crippen LogP) is 2.60. The SMILES string of the molecule is COc1ccc(F)cc1[C@H](Cn1c(=O)n([C@@H]2CCN(C)C2=O)c(=O)c2c(C)c(-n3nccn3)sc21)OC1CCOCC1. The van der Waals surface area contributed by atoms with Crippen LogP contribution in [0.4, 0.5) is 4.39 Å². The molecule has 222 valence electrons. The number of likely N-dealkylation sites (N-methyl/N-ethyl adjacent to an activating group) is 1. The molecule has 0 unspecified atom stereocenters. The third-order valence-corrected chi connectivity index (χ3v) is 9.22. The van der Waals surface area contributed by atoms with Crippen LogP contribution in [0.25, 0.3) is 15.2 Å². The maximum Gasteiger partial charge on any atom is 0.332 e. The topological polar surface area (TPSA) is 123 Å². The van der Waals surface area contributed by atoms with Crippen molar-refractivity contribution in [3.05, 3.63) is 68.4 Å². The Balaban J connectivity index is 1.57. The number of aryl methyl sites for hydroxylation is 1. The van der Waals surface area contributed by atoms with E-state index in [1.165, 1.54) is 63.3 Å². The monoisotopic (exact) mass is 598 g/mol. The Morgan fingerprint density at radius 1 is 1.14 bits per heavy atom. The summed E-state index contributed by atoms with van der Waals surface area (Å²) < 4.78 is 34.7. The smallest absolute Gasteiger partial charge is 0.332 e. The molecule has 2 fully saturated rings. The number of amides is 1. The van der Waals surface area contributed by atoms with Crippen LogP contribution in [0.2, 0.25) is 0 Å². The molecule has 0 bridgehead atoms. The quantitative estimate of drug-likeness (QED) is 0.303. The molecule has 0 spiro atoms. The summed E-state index contributed by atoms with van der Waals surface area (Å²) >= 11 is 1.20. The van der Waals surface area contributed by atoms with Crippen molar-refractivity contribution in [3.8, 4) is 10.8 Å². The second kappa shape index (κ2) is 11.4. The number of rotatable bonds is 8. The Hall–Kier alpha value is -3.88. The molecule has 2 atom stereocenters. The number of aromatic nitrogens is 5. The molecule has 0 N–H and O–H groups in total. The molecule has 1 aromatic carbocycles. The first-order chi connectivity index (χ1) is 20.3. The molecule has 5 heterocycles. The number of hydrogen-bond acceptors (Lipinski definition) is 9. The molecule has 0 radical (unpaired) electrons. The van der Waals surface area contributed by atoms with Crippen molar-refractivity contribution in [2.75, 3.05) is 33.9 Å². The van der Waals surface area contributed by atoms with Crippen molar-refractivity contribution in [1.82, 2.24) is 29.0 Å². The van der Waals surface area contributed by atoms with Gasteiger partial charge in [-0.25, -0.2) is 13.8 Å². The van der Waals surface area contributed by atoms with E-state index < -0.39 is 29.2 Å². The fraction of sp³-hybridized carbons (Fsp3) is 0.464. The molecule has 0 aliphatic carbocycles. The Labute approximate surface area is 243 Å². The molecule has 6 rings (SSSR count). The summed E-state index contributed by atoms with van der Waals surface area (Å²) in [7, 11) is 3.14. The molecule has 2 aliphatic heterocycles. The number of halogens is 1. The van der Waals surface area contributed by atoms with Crippen molar-refractivity contribution in [2.45, 2.75) is 51.0 Å². The van der Waals surface area contributed by atoms with Gasteiger partial charge in [-0.3, -0.25) is 14.2 Å². The number of benzene rings is 1. The number of hydrogen-bond donors (Lipinski definition) is 0. The van der Waals surface area contributed by atoms with Gasteiger partial charge in [0.1, 0.15) is 33.5 Å². The summed E-state index contributed by atoms with van der Waals surface area (Å²) in [5, 5.41) is 9.32. The minimum absolute atomic E-state index is 0.0601. The minimum atomic E-state index is -0.935. The van der Waals surface area contributed by atoms with E-state index in [1.807, 2.05) is 0 Å². The average Bonchev–Trinajstić information content (AvgIpc) is 3.72. The van der Waals surface area contributed by atoms with Crippen molar-refractivity contribution >= 4 is 27.5 Å². The normalized spacial score (nSPS) is 18.7. The van der Waals surface area contributed by atoms with Crippen LogP contribution in [0.5, 0.6) is 5.75 Å². The van der Waals surface area contributed by atoms with Gasteiger partial charge >= 0.3 is 5.69 Å². The average molecular weight is 599 g/mol. The Morgan fingerprint density at radius 3 is 2.55 bits per heavy atom. The summed E-state index contributed by atoms with van der Waals surface area (Å²) in [6.45, 7) is 3.18. The maximum atomic E-state index is 14.6. The summed E-state index contributed by atoms with van der Waals surface area (Å²) in [5.74, 6) is -0.376. The largest absolute Gasteiger partial charge is 0.496 e. The van der Waals surface area contributed by atoms with Crippen LogP contribution < -0.4 is 16.0 Å². The van der Waals surface area contributed by atoms with E-state index in [4.69, 9.17) is 14.2 Å². The van der Waals surface area contributed by atoms with Gasteiger partial charge in [-0.15, -0.1) is 4.80 Å². The highest BCUT2D eigenvalue weighted by Crippen LogP contribution is 2.35. The van der Waals surface area contributed by atoms with Gasteiger partial charge in [0.25, 0.3) is 5.56 Å². The molecular formula is C28H31FN6O6S. The number of carbonyl (C=O) groups is 1. The van der Waals surface area contributed by atoms with E-state index in [2.05, 4.69) is 10.2 Å². The summed E-state index contributed by atoms with van der Waals surface area (Å²) in [4.78, 5) is 44.6. The molecule has 0 saturated carbocycles. The van der Waals surface area contributed by atoms with Gasteiger partial charge < -0.3 is 19.1 Å². The highest BCUT2D eigenvalue weighted by molar-refractivity contribution is 7.21. The molecule has 4 aromatic rings. The first-order valence-corrected chi connectivity index (χ1v) is 14.6. The molecule has 1 amide bonds. The predicted molar refractivity (Wildman–Crippen MR) is 152 cm³/mol. The van der Waals surface area contributed by atoms with Crippen molar-refractivity contribution in [2.24, 2.45) is 0 Å². The number of fused-ring (bicyclic) bond motifs is 1. The Bertz CT molecular complexity index is 1740.